The molecule has 0 aliphatic carbocycles. The van der Waals surface area contributed by atoms with E-state index in [1.165, 1.54) is 12.7 Å². The number of carbonyl (C=O) groups excluding carboxylic acids is 1. The number of hydrogen-bond acceptors (Lipinski definition) is 3. The minimum Gasteiger partial charge on any atom is -0.495 e. The average molecular weight is 298 g/mol. The van der Waals surface area contributed by atoms with Gasteiger partial charge in [-0.3, -0.25) is 4.79 Å². The molecule has 2 rings (SSSR count). The second kappa shape index (κ2) is 6.98. The van der Waals surface area contributed by atoms with E-state index in [1.807, 2.05) is 24.3 Å². The number of para-hydroxylation sites is 1. The fourth-order valence-corrected chi connectivity index (χ4v) is 2.25. The van der Waals surface area contributed by atoms with Crippen LogP contribution in [-0.4, -0.2) is 13.0 Å². The molecule has 4 nitrogen and oxygen atoms in total. The number of rotatable bonds is 5. The SMILES string of the molecule is CCC(C)c1ccc(NC(=O)c2cccc(OC)c2N)cc1. The van der Waals surface area contributed by atoms with Crippen molar-refractivity contribution in [3.63, 3.8) is 0 Å². The van der Waals surface area contributed by atoms with Crippen molar-refractivity contribution >= 4 is 17.3 Å². The quantitative estimate of drug-likeness (QED) is 0.819. The van der Waals surface area contributed by atoms with Crippen molar-refractivity contribution in [1.82, 2.24) is 0 Å². The minimum absolute atomic E-state index is 0.243. The fourth-order valence-electron chi connectivity index (χ4n) is 2.25. The molecule has 0 aliphatic heterocycles. The lowest BCUT2D eigenvalue weighted by atomic mass is 9.98. The number of amides is 1. The molecule has 3 N–H and O–H groups in total. The summed E-state index contributed by atoms with van der Waals surface area (Å²) in [4.78, 5) is 12.3. The second-order valence-electron chi connectivity index (χ2n) is 5.31. The number of nitrogens with two attached hydrogens (primary N) is 1. The van der Waals surface area contributed by atoms with Crippen molar-refractivity contribution in [3.8, 4) is 5.75 Å². The third-order valence-corrected chi connectivity index (χ3v) is 3.88. The van der Waals surface area contributed by atoms with Crippen molar-refractivity contribution in [1.29, 1.82) is 0 Å². The molecular formula is C18H22N2O2. The molecule has 0 fully saturated rings. The number of carbonyl (C=O) groups is 1. The Labute approximate surface area is 131 Å². The first-order valence-electron chi connectivity index (χ1n) is 7.40. The standard InChI is InChI=1S/C18H22N2O2/c1-4-12(2)13-8-10-14(11-9-13)20-18(21)15-6-5-7-16(22-3)17(15)19/h5-12H,4,19H2,1-3H3,(H,20,21). The molecule has 2 aromatic rings. The Balaban J connectivity index is 2.15. The highest BCUT2D eigenvalue weighted by molar-refractivity contribution is 6.08. The van der Waals surface area contributed by atoms with Gasteiger partial charge in [-0.15, -0.1) is 0 Å². The summed E-state index contributed by atoms with van der Waals surface area (Å²) in [5, 5.41) is 2.86. The van der Waals surface area contributed by atoms with Crippen LogP contribution in [0, 0.1) is 0 Å². The molecule has 116 valence electrons. The van der Waals surface area contributed by atoms with Gasteiger partial charge in [0.05, 0.1) is 18.4 Å². The van der Waals surface area contributed by atoms with Crippen LogP contribution in [0.25, 0.3) is 0 Å². The Morgan fingerprint density at radius 2 is 1.91 bits per heavy atom. The van der Waals surface area contributed by atoms with Crippen LogP contribution in [0.4, 0.5) is 11.4 Å². The zero-order chi connectivity index (χ0) is 16.1. The Kier molecular flexibility index (Phi) is 5.04. The molecule has 0 spiro atoms. The molecule has 1 amide bonds. The summed E-state index contributed by atoms with van der Waals surface area (Å²) in [5.41, 5.74) is 8.71. The lowest BCUT2D eigenvalue weighted by Gasteiger charge is -2.12. The maximum absolute atomic E-state index is 12.3. The topological polar surface area (TPSA) is 64.3 Å². The van der Waals surface area contributed by atoms with E-state index in [-0.39, 0.29) is 5.91 Å². The molecule has 22 heavy (non-hydrogen) atoms. The number of nitrogen functional groups attached to an aromatic ring is 1. The molecule has 2 aromatic carbocycles. The van der Waals surface area contributed by atoms with Crippen molar-refractivity contribution < 1.29 is 9.53 Å². The van der Waals surface area contributed by atoms with Gasteiger partial charge in [0.25, 0.3) is 5.91 Å². The molecule has 0 aromatic heterocycles. The number of methoxy groups -OCH3 is 1. The molecule has 0 radical (unpaired) electrons. The van der Waals surface area contributed by atoms with Crippen LogP contribution in [0.2, 0.25) is 0 Å². The van der Waals surface area contributed by atoms with Gasteiger partial charge >= 0.3 is 0 Å². The summed E-state index contributed by atoms with van der Waals surface area (Å²) in [6.07, 6.45) is 1.09. The Morgan fingerprint density at radius 3 is 2.50 bits per heavy atom. The van der Waals surface area contributed by atoms with E-state index in [0.29, 0.717) is 22.9 Å². The molecule has 0 bridgehead atoms. The van der Waals surface area contributed by atoms with Gasteiger partial charge in [-0.1, -0.05) is 32.0 Å². The first kappa shape index (κ1) is 15.9. The predicted molar refractivity (Wildman–Crippen MR) is 90.5 cm³/mol. The predicted octanol–water partition coefficient (Wildman–Crippen LogP) is 4.04. The number of anilines is 2. The van der Waals surface area contributed by atoms with Crippen molar-refractivity contribution in [2.75, 3.05) is 18.2 Å². The zero-order valence-electron chi connectivity index (χ0n) is 13.2. The largest absolute Gasteiger partial charge is 0.495 e. The van der Waals surface area contributed by atoms with Gasteiger partial charge in [-0.2, -0.15) is 0 Å². The fraction of sp³-hybridized carbons (Fsp3) is 0.278. The van der Waals surface area contributed by atoms with E-state index in [4.69, 9.17) is 10.5 Å². The maximum atomic E-state index is 12.3. The molecule has 0 heterocycles. The van der Waals surface area contributed by atoms with Crippen LogP contribution in [0.5, 0.6) is 5.75 Å². The minimum atomic E-state index is -0.243. The van der Waals surface area contributed by atoms with Gasteiger partial charge in [0.1, 0.15) is 5.75 Å². The third-order valence-electron chi connectivity index (χ3n) is 3.88. The van der Waals surface area contributed by atoms with E-state index in [9.17, 15) is 4.79 Å². The summed E-state index contributed by atoms with van der Waals surface area (Å²) in [5.74, 6) is 0.770. The second-order valence-corrected chi connectivity index (χ2v) is 5.31. The summed E-state index contributed by atoms with van der Waals surface area (Å²) >= 11 is 0. The first-order chi connectivity index (χ1) is 10.6. The van der Waals surface area contributed by atoms with Crippen molar-refractivity contribution in [3.05, 3.63) is 53.6 Å². The molecule has 1 atom stereocenters. The monoisotopic (exact) mass is 298 g/mol. The van der Waals surface area contributed by atoms with Crippen molar-refractivity contribution in [2.45, 2.75) is 26.2 Å². The van der Waals surface area contributed by atoms with Crippen LogP contribution in [0.3, 0.4) is 0 Å². The van der Waals surface area contributed by atoms with Crippen LogP contribution in [0.1, 0.15) is 42.1 Å². The zero-order valence-corrected chi connectivity index (χ0v) is 13.2. The summed E-state index contributed by atoms with van der Waals surface area (Å²) < 4.78 is 5.14. The van der Waals surface area contributed by atoms with E-state index >= 15 is 0 Å². The molecule has 0 aliphatic rings. The maximum Gasteiger partial charge on any atom is 0.257 e. The van der Waals surface area contributed by atoms with Gasteiger partial charge in [0.15, 0.2) is 0 Å². The van der Waals surface area contributed by atoms with Gasteiger partial charge < -0.3 is 15.8 Å². The van der Waals surface area contributed by atoms with E-state index in [1.54, 1.807) is 18.2 Å². The van der Waals surface area contributed by atoms with Gasteiger partial charge in [0, 0.05) is 5.69 Å². The van der Waals surface area contributed by atoms with Crippen LogP contribution in [0.15, 0.2) is 42.5 Å². The molecule has 1 unspecified atom stereocenters. The summed E-state index contributed by atoms with van der Waals surface area (Å²) in [6, 6.07) is 13.1. The number of nitrogens with one attached hydrogen (secondary N) is 1. The summed E-state index contributed by atoms with van der Waals surface area (Å²) in [6.45, 7) is 4.34. The molecule has 0 saturated heterocycles. The third kappa shape index (κ3) is 3.39. The van der Waals surface area contributed by atoms with Crippen LogP contribution in [-0.2, 0) is 0 Å². The van der Waals surface area contributed by atoms with Crippen molar-refractivity contribution in [2.24, 2.45) is 0 Å². The highest BCUT2D eigenvalue weighted by Gasteiger charge is 2.13. The highest BCUT2D eigenvalue weighted by Crippen LogP contribution is 2.26. The van der Waals surface area contributed by atoms with Crippen LogP contribution >= 0.6 is 0 Å². The molecule has 0 saturated carbocycles. The van der Waals surface area contributed by atoms with E-state index in [0.717, 1.165) is 12.1 Å². The first-order valence-corrected chi connectivity index (χ1v) is 7.40. The number of benzene rings is 2. The number of ether oxygens (including phenoxy) is 1. The number of hydrogen-bond donors (Lipinski definition) is 2. The average Bonchev–Trinajstić information content (AvgIpc) is 2.55. The summed E-state index contributed by atoms with van der Waals surface area (Å²) in [7, 11) is 1.53. The smallest absolute Gasteiger partial charge is 0.257 e. The van der Waals surface area contributed by atoms with E-state index < -0.39 is 0 Å². The Morgan fingerprint density at radius 1 is 1.23 bits per heavy atom. The van der Waals surface area contributed by atoms with E-state index in [2.05, 4.69) is 19.2 Å². The lowest BCUT2D eigenvalue weighted by Crippen LogP contribution is -2.14. The molecule has 4 heteroatoms. The Hall–Kier alpha value is -2.49. The van der Waals surface area contributed by atoms with Gasteiger partial charge in [-0.25, -0.2) is 0 Å². The normalized spacial score (nSPS) is 11.8. The highest BCUT2D eigenvalue weighted by atomic mass is 16.5. The van der Waals surface area contributed by atoms with Crippen LogP contribution < -0.4 is 15.8 Å². The Bertz CT molecular complexity index is 651. The van der Waals surface area contributed by atoms with Gasteiger partial charge in [0.2, 0.25) is 0 Å². The molecular weight excluding hydrogens is 276 g/mol. The van der Waals surface area contributed by atoms with Gasteiger partial charge in [-0.05, 0) is 42.2 Å². The lowest BCUT2D eigenvalue weighted by molar-refractivity contribution is 0.102.